The van der Waals surface area contributed by atoms with Gasteiger partial charge < -0.3 is 10.6 Å². The second kappa shape index (κ2) is 5.13. The van der Waals surface area contributed by atoms with Gasteiger partial charge >= 0.3 is 0 Å². The van der Waals surface area contributed by atoms with Crippen molar-refractivity contribution < 1.29 is 4.79 Å². The Kier molecular flexibility index (Phi) is 3.50. The molecule has 2 aliphatic heterocycles. The predicted octanol–water partition coefficient (Wildman–Crippen LogP) is 1.84. The van der Waals surface area contributed by atoms with Gasteiger partial charge in [-0.1, -0.05) is 22.0 Å². The minimum absolute atomic E-state index is 0.332. The van der Waals surface area contributed by atoms with Gasteiger partial charge in [-0.3, -0.25) is 9.69 Å². The SMILES string of the molecule is Nc1ccc(CN2CCN3C(=O)CCC3C2)c(Br)c1. The maximum absolute atomic E-state index is 11.7. The summed E-state index contributed by atoms with van der Waals surface area (Å²) < 4.78 is 1.07. The van der Waals surface area contributed by atoms with Crippen LogP contribution in [0.1, 0.15) is 18.4 Å². The van der Waals surface area contributed by atoms with E-state index in [1.807, 2.05) is 12.1 Å². The number of carbonyl (C=O) groups is 1. The number of nitrogens with two attached hydrogens (primary N) is 1. The molecule has 2 fully saturated rings. The van der Waals surface area contributed by atoms with Gasteiger partial charge in [0.15, 0.2) is 0 Å². The van der Waals surface area contributed by atoms with E-state index in [2.05, 4.69) is 31.8 Å². The fourth-order valence-corrected chi connectivity index (χ4v) is 3.53. The first kappa shape index (κ1) is 12.9. The monoisotopic (exact) mass is 323 g/mol. The molecule has 1 amide bonds. The van der Waals surface area contributed by atoms with E-state index in [1.54, 1.807) is 0 Å². The fraction of sp³-hybridized carbons (Fsp3) is 0.500. The number of amides is 1. The van der Waals surface area contributed by atoms with Crippen LogP contribution in [-0.2, 0) is 11.3 Å². The molecule has 0 saturated carbocycles. The van der Waals surface area contributed by atoms with Crippen molar-refractivity contribution >= 4 is 27.5 Å². The van der Waals surface area contributed by atoms with Crippen molar-refractivity contribution in [1.82, 2.24) is 9.80 Å². The number of nitrogen functional groups attached to an aromatic ring is 1. The molecule has 0 bridgehead atoms. The van der Waals surface area contributed by atoms with Gasteiger partial charge in [-0.25, -0.2) is 0 Å². The maximum atomic E-state index is 11.7. The highest BCUT2D eigenvalue weighted by Crippen LogP contribution is 2.26. The highest BCUT2D eigenvalue weighted by atomic mass is 79.9. The Bertz CT molecular complexity index is 505. The van der Waals surface area contributed by atoms with Crippen LogP contribution < -0.4 is 5.73 Å². The normalized spacial score (nSPS) is 23.7. The number of fused-ring (bicyclic) bond motifs is 1. The van der Waals surface area contributed by atoms with Gasteiger partial charge in [-0.2, -0.15) is 0 Å². The second-order valence-corrected chi connectivity index (χ2v) is 6.22. The molecule has 1 unspecified atom stereocenters. The molecule has 102 valence electrons. The molecule has 0 aliphatic carbocycles. The van der Waals surface area contributed by atoms with E-state index in [-0.39, 0.29) is 0 Å². The number of halogens is 1. The van der Waals surface area contributed by atoms with E-state index in [0.717, 1.165) is 49.2 Å². The summed E-state index contributed by atoms with van der Waals surface area (Å²) >= 11 is 3.57. The Morgan fingerprint density at radius 1 is 1.37 bits per heavy atom. The molecular weight excluding hydrogens is 306 g/mol. The molecule has 2 aliphatic rings. The second-order valence-electron chi connectivity index (χ2n) is 5.37. The lowest BCUT2D eigenvalue weighted by Gasteiger charge is -2.37. The van der Waals surface area contributed by atoms with Gasteiger partial charge in [0.05, 0.1) is 0 Å². The standard InChI is InChI=1S/C14H18BrN3O/c15-13-7-11(16)2-1-10(13)8-17-5-6-18-12(9-17)3-4-14(18)19/h1-2,7,12H,3-6,8-9,16H2. The number of rotatable bonds is 2. The molecule has 1 atom stereocenters. The topological polar surface area (TPSA) is 49.6 Å². The summed E-state index contributed by atoms with van der Waals surface area (Å²) in [5.41, 5.74) is 7.79. The third-order valence-corrected chi connectivity index (χ3v) is 4.79. The minimum atomic E-state index is 0.332. The van der Waals surface area contributed by atoms with Crippen molar-refractivity contribution in [2.45, 2.75) is 25.4 Å². The molecule has 0 spiro atoms. The van der Waals surface area contributed by atoms with Crippen LogP contribution in [0.3, 0.4) is 0 Å². The van der Waals surface area contributed by atoms with E-state index in [4.69, 9.17) is 5.73 Å². The van der Waals surface area contributed by atoms with Gasteiger partial charge in [0.1, 0.15) is 0 Å². The van der Waals surface area contributed by atoms with E-state index >= 15 is 0 Å². The highest BCUT2D eigenvalue weighted by Gasteiger charge is 2.35. The zero-order chi connectivity index (χ0) is 13.4. The number of hydrogen-bond donors (Lipinski definition) is 1. The maximum Gasteiger partial charge on any atom is 0.222 e. The smallest absolute Gasteiger partial charge is 0.222 e. The van der Waals surface area contributed by atoms with Crippen LogP contribution >= 0.6 is 15.9 Å². The van der Waals surface area contributed by atoms with Crippen LogP contribution in [0.25, 0.3) is 0 Å². The zero-order valence-electron chi connectivity index (χ0n) is 10.8. The first-order valence-electron chi connectivity index (χ1n) is 6.69. The summed E-state index contributed by atoms with van der Waals surface area (Å²) in [4.78, 5) is 16.1. The third-order valence-electron chi connectivity index (χ3n) is 4.05. The van der Waals surface area contributed by atoms with Crippen LogP contribution in [0, 0.1) is 0 Å². The average Bonchev–Trinajstić information content (AvgIpc) is 2.74. The third kappa shape index (κ3) is 2.62. The molecule has 2 N–H and O–H groups in total. The number of anilines is 1. The molecule has 0 radical (unpaired) electrons. The Morgan fingerprint density at radius 2 is 2.21 bits per heavy atom. The first-order valence-corrected chi connectivity index (χ1v) is 7.48. The van der Waals surface area contributed by atoms with Gasteiger partial charge in [0.25, 0.3) is 0 Å². The molecule has 2 heterocycles. The van der Waals surface area contributed by atoms with Crippen molar-refractivity contribution in [2.24, 2.45) is 0 Å². The molecular formula is C14H18BrN3O. The van der Waals surface area contributed by atoms with Gasteiger partial charge in [0, 0.05) is 48.8 Å². The van der Waals surface area contributed by atoms with E-state index in [9.17, 15) is 4.79 Å². The van der Waals surface area contributed by atoms with Crippen molar-refractivity contribution in [3.63, 3.8) is 0 Å². The molecule has 2 saturated heterocycles. The molecule has 1 aromatic rings. The number of nitrogens with zero attached hydrogens (tertiary/aromatic N) is 2. The predicted molar refractivity (Wildman–Crippen MR) is 78.6 cm³/mol. The van der Waals surface area contributed by atoms with Crippen molar-refractivity contribution in [3.05, 3.63) is 28.2 Å². The van der Waals surface area contributed by atoms with E-state index in [0.29, 0.717) is 11.9 Å². The van der Waals surface area contributed by atoms with E-state index in [1.165, 1.54) is 5.56 Å². The Hall–Kier alpha value is -1.07. The van der Waals surface area contributed by atoms with Crippen LogP contribution in [0.15, 0.2) is 22.7 Å². The summed E-state index contributed by atoms with van der Waals surface area (Å²) in [6.07, 6.45) is 1.74. The highest BCUT2D eigenvalue weighted by molar-refractivity contribution is 9.10. The number of benzene rings is 1. The van der Waals surface area contributed by atoms with Crippen molar-refractivity contribution in [2.75, 3.05) is 25.4 Å². The largest absolute Gasteiger partial charge is 0.399 e. The van der Waals surface area contributed by atoms with Gasteiger partial charge in [-0.05, 0) is 24.1 Å². The number of carbonyl (C=O) groups excluding carboxylic acids is 1. The molecule has 5 heteroatoms. The van der Waals surface area contributed by atoms with Gasteiger partial charge in [0.2, 0.25) is 5.91 Å². The van der Waals surface area contributed by atoms with Crippen molar-refractivity contribution in [1.29, 1.82) is 0 Å². The minimum Gasteiger partial charge on any atom is -0.399 e. The number of hydrogen-bond acceptors (Lipinski definition) is 3. The lowest BCUT2D eigenvalue weighted by Crippen LogP contribution is -2.50. The molecule has 0 aromatic heterocycles. The Morgan fingerprint density at radius 3 is 3.00 bits per heavy atom. The van der Waals surface area contributed by atoms with Gasteiger partial charge in [-0.15, -0.1) is 0 Å². The lowest BCUT2D eigenvalue weighted by molar-refractivity contribution is -0.130. The fourth-order valence-electron chi connectivity index (χ4n) is 3.01. The summed E-state index contributed by atoms with van der Waals surface area (Å²) in [6.45, 7) is 3.73. The first-order chi connectivity index (χ1) is 9.13. The van der Waals surface area contributed by atoms with Crippen molar-refractivity contribution in [3.8, 4) is 0 Å². The van der Waals surface area contributed by atoms with E-state index < -0.39 is 0 Å². The average molecular weight is 324 g/mol. The summed E-state index contributed by atoms with van der Waals surface area (Å²) in [5.74, 6) is 0.332. The zero-order valence-corrected chi connectivity index (χ0v) is 12.4. The summed E-state index contributed by atoms with van der Waals surface area (Å²) in [7, 11) is 0. The molecule has 1 aromatic carbocycles. The summed E-state index contributed by atoms with van der Waals surface area (Å²) in [5, 5.41) is 0. The van der Waals surface area contributed by atoms with Crippen LogP contribution in [-0.4, -0.2) is 41.4 Å². The molecule has 4 nitrogen and oxygen atoms in total. The lowest BCUT2D eigenvalue weighted by atomic mass is 10.1. The van der Waals surface area contributed by atoms with Crippen LogP contribution in [0.2, 0.25) is 0 Å². The Balaban J connectivity index is 1.66. The molecule has 3 rings (SSSR count). The van der Waals surface area contributed by atoms with Crippen LogP contribution in [0.5, 0.6) is 0 Å². The van der Waals surface area contributed by atoms with Crippen LogP contribution in [0.4, 0.5) is 5.69 Å². The Labute approximate surface area is 121 Å². The molecule has 19 heavy (non-hydrogen) atoms. The summed E-state index contributed by atoms with van der Waals surface area (Å²) in [6, 6.07) is 6.39. The quantitative estimate of drug-likeness (QED) is 0.845. The number of piperazine rings is 1.